The Labute approximate surface area is 136 Å². The second kappa shape index (κ2) is 7.39. The topological polar surface area (TPSA) is 75.3 Å². The first-order chi connectivity index (χ1) is 10.9. The minimum Gasteiger partial charge on any atom is -0.351 e. The Hall–Kier alpha value is -2.18. The quantitative estimate of drug-likeness (QED) is 0.849. The van der Waals surface area contributed by atoms with Crippen molar-refractivity contribution in [2.45, 2.75) is 31.3 Å². The predicted octanol–water partition coefficient (Wildman–Crippen LogP) is 1.98. The number of sulfonamides is 1. The van der Waals surface area contributed by atoms with Gasteiger partial charge in [0.05, 0.1) is 10.9 Å². The van der Waals surface area contributed by atoms with E-state index in [1.807, 2.05) is 31.2 Å². The van der Waals surface area contributed by atoms with E-state index in [1.54, 1.807) is 18.2 Å². The summed E-state index contributed by atoms with van der Waals surface area (Å²) in [6.45, 7) is 3.87. The van der Waals surface area contributed by atoms with Gasteiger partial charge in [0, 0.05) is 6.54 Å². The van der Waals surface area contributed by atoms with Crippen molar-refractivity contribution in [3.05, 3.63) is 65.7 Å². The lowest BCUT2D eigenvalue weighted by molar-refractivity contribution is -0.122. The van der Waals surface area contributed by atoms with Gasteiger partial charge in [-0.05, 0) is 31.5 Å². The predicted molar refractivity (Wildman–Crippen MR) is 89.3 cm³/mol. The second-order valence-corrected chi connectivity index (χ2v) is 7.07. The molecule has 6 heteroatoms. The molecule has 0 aromatic heterocycles. The van der Waals surface area contributed by atoms with E-state index in [1.165, 1.54) is 19.1 Å². The second-order valence-electron chi connectivity index (χ2n) is 5.36. The Morgan fingerprint density at radius 1 is 1.04 bits per heavy atom. The van der Waals surface area contributed by atoms with Crippen molar-refractivity contribution in [2.24, 2.45) is 0 Å². The highest BCUT2D eigenvalue weighted by atomic mass is 32.2. The average Bonchev–Trinajstić information content (AvgIpc) is 2.54. The van der Waals surface area contributed by atoms with Gasteiger partial charge in [0.2, 0.25) is 15.9 Å². The van der Waals surface area contributed by atoms with Crippen molar-refractivity contribution in [2.75, 3.05) is 0 Å². The summed E-state index contributed by atoms with van der Waals surface area (Å²) in [5, 5.41) is 2.73. The van der Waals surface area contributed by atoms with Crippen molar-refractivity contribution in [3.8, 4) is 0 Å². The monoisotopic (exact) mass is 332 g/mol. The molecule has 1 atom stereocenters. The molecule has 0 bridgehead atoms. The van der Waals surface area contributed by atoms with Gasteiger partial charge in [-0.15, -0.1) is 0 Å². The lowest BCUT2D eigenvalue weighted by Gasteiger charge is -2.14. The van der Waals surface area contributed by atoms with Crippen LogP contribution in [0.5, 0.6) is 0 Å². The minimum atomic E-state index is -3.70. The number of amides is 1. The summed E-state index contributed by atoms with van der Waals surface area (Å²) < 4.78 is 26.7. The van der Waals surface area contributed by atoms with E-state index in [4.69, 9.17) is 0 Å². The van der Waals surface area contributed by atoms with Crippen molar-refractivity contribution in [3.63, 3.8) is 0 Å². The van der Waals surface area contributed by atoms with E-state index in [9.17, 15) is 13.2 Å². The van der Waals surface area contributed by atoms with Crippen LogP contribution in [-0.2, 0) is 21.4 Å². The van der Waals surface area contributed by atoms with Gasteiger partial charge in [0.1, 0.15) is 0 Å². The van der Waals surface area contributed by atoms with Crippen molar-refractivity contribution < 1.29 is 13.2 Å². The van der Waals surface area contributed by atoms with Gasteiger partial charge in [0.25, 0.3) is 0 Å². The highest BCUT2D eigenvalue weighted by Gasteiger charge is 2.21. The molecule has 0 fully saturated rings. The van der Waals surface area contributed by atoms with Crippen LogP contribution in [0.15, 0.2) is 59.5 Å². The van der Waals surface area contributed by atoms with Crippen LogP contribution in [-0.4, -0.2) is 20.4 Å². The van der Waals surface area contributed by atoms with Gasteiger partial charge in [-0.25, -0.2) is 8.42 Å². The summed E-state index contributed by atoms with van der Waals surface area (Å²) >= 11 is 0. The number of carbonyl (C=O) groups excluding carboxylic acids is 1. The fourth-order valence-corrected chi connectivity index (χ4v) is 3.23. The normalized spacial score (nSPS) is 12.6. The lowest BCUT2D eigenvalue weighted by Crippen LogP contribution is -2.44. The molecule has 122 valence electrons. The third kappa shape index (κ3) is 4.91. The van der Waals surface area contributed by atoms with Crippen LogP contribution < -0.4 is 10.0 Å². The summed E-state index contributed by atoms with van der Waals surface area (Å²) in [5.41, 5.74) is 2.10. The van der Waals surface area contributed by atoms with Crippen LogP contribution in [0.1, 0.15) is 18.1 Å². The van der Waals surface area contributed by atoms with E-state index in [0.717, 1.165) is 11.1 Å². The maximum atomic E-state index is 12.2. The molecule has 23 heavy (non-hydrogen) atoms. The molecule has 0 aliphatic rings. The summed E-state index contributed by atoms with van der Waals surface area (Å²) in [4.78, 5) is 12.2. The Balaban J connectivity index is 1.93. The third-order valence-electron chi connectivity index (χ3n) is 3.37. The number of rotatable bonds is 6. The van der Waals surface area contributed by atoms with Crippen LogP contribution >= 0.6 is 0 Å². The molecule has 0 radical (unpaired) electrons. The maximum absolute atomic E-state index is 12.2. The smallest absolute Gasteiger partial charge is 0.241 e. The SMILES string of the molecule is Cc1ccc(CNC(=O)[C@H](C)NS(=O)(=O)c2ccccc2)cc1. The Morgan fingerprint density at radius 3 is 2.26 bits per heavy atom. The minimum absolute atomic E-state index is 0.137. The zero-order valence-corrected chi connectivity index (χ0v) is 13.9. The fraction of sp³-hybridized carbons (Fsp3) is 0.235. The van der Waals surface area contributed by atoms with Crippen LogP contribution in [0, 0.1) is 6.92 Å². The molecular weight excluding hydrogens is 312 g/mol. The van der Waals surface area contributed by atoms with Crippen molar-refractivity contribution in [1.82, 2.24) is 10.0 Å². The molecule has 2 rings (SSSR count). The molecule has 0 spiro atoms. The molecule has 2 N–H and O–H groups in total. The molecule has 0 aliphatic carbocycles. The molecular formula is C17H20N2O3S. The molecule has 2 aromatic carbocycles. The van der Waals surface area contributed by atoms with Crippen LogP contribution in [0.25, 0.3) is 0 Å². The first-order valence-electron chi connectivity index (χ1n) is 7.29. The molecule has 0 heterocycles. The van der Waals surface area contributed by atoms with E-state index in [0.29, 0.717) is 6.54 Å². The Morgan fingerprint density at radius 2 is 1.65 bits per heavy atom. The van der Waals surface area contributed by atoms with Crippen molar-refractivity contribution in [1.29, 1.82) is 0 Å². The van der Waals surface area contributed by atoms with E-state index in [2.05, 4.69) is 10.0 Å². The average molecular weight is 332 g/mol. The van der Waals surface area contributed by atoms with Gasteiger partial charge in [-0.3, -0.25) is 4.79 Å². The Bertz CT molecular complexity index is 756. The number of benzene rings is 2. The largest absolute Gasteiger partial charge is 0.351 e. The fourth-order valence-electron chi connectivity index (χ4n) is 2.00. The third-order valence-corrected chi connectivity index (χ3v) is 4.92. The summed E-state index contributed by atoms with van der Waals surface area (Å²) in [5.74, 6) is -0.370. The van der Waals surface area contributed by atoms with Crippen LogP contribution in [0.3, 0.4) is 0 Å². The molecule has 0 aliphatic heterocycles. The summed E-state index contributed by atoms with van der Waals surface area (Å²) in [6, 6.07) is 14.9. The first-order valence-corrected chi connectivity index (χ1v) is 8.77. The van der Waals surface area contributed by atoms with Crippen LogP contribution in [0.2, 0.25) is 0 Å². The highest BCUT2D eigenvalue weighted by Crippen LogP contribution is 2.08. The van der Waals surface area contributed by atoms with Gasteiger partial charge in [-0.1, -0.05) is 48.0 Å². The number of aryl methyl sites for hydroxylation is 1. The molecule has 2 aromatic rings. The molecule has 5 nitrogen and oxygen atoms in total. The van der Waals surface area contributed by atoms with Gasteiger partial charge >= 0.3 is 0 Å². The zero-order valence-electron chi connectivity index (χ0n) is 13.1. The van der Waals surface area contributed by atoms with E-state index >= 15 is 0 Å². The number of carbonyl (C=O) groups is 1. The van der Waals surface area contributed by atoms with E-state index < -0.39 is 16.1 Å². The standard InChI is InChI=1S/C17H20N2O3S/c1-13-8-10-15(11-9-13)12-18-17(20)14(2)19-23(21,22)16-6-4-3-5-7-16/h3-11,14,19H,12H2,1-2H3,(H,18,20)/t14-/m0/s1. The molecule has 0 saturated heterocycles. The molecule has 1 amide bonds. The zero-order chi connectivity index (χ0) is 16.9. The summed E-state index contributed by atoms with van der Waals surface area (Å²) in [7, 11) is -3.70. The van der Waals surface area contributed by atoms with Gasteiger partial charge in [0.15, 0.2) is 0 Å². The van der Waals surface area contributed by atoms with Gasteiger partial charge in [-0.2, -0.15) is 4.72 Å². The maximum Gasteiger partial charge on any atom is 0.241 e. The first kappa shape index (κ1) is 17.2. The molecule has 0 saturated carbocycles. The number of nitrogens with one attached hydrogen (secondary N) is 2. The lowest BCUT2D eigenvalue weighted by atomic mass is 10.1. The van der Waals surface area contributed by atoms with E-state index in [-0.39, 0.29) is 10.8 Å². The highest BCUT2D eigenvalue weighted by molar-refractivity contribution is 7.89. The summed E-state index contributed by atoms with van der Waals surface area (Å²) in [6.07, 6.45) is 0. The van der Waals surface area contributed by atoms with Crippen molar-refractivity contribution >= 4 is 15.9 Å². The van der Waals surface area contributed by atoms with Gasteiger partial charge < -0.3 is 5.32 Å². The number of hydrogen-bond donors (Lipinski definition) is 2. The van der Waals surface area contributed by atoms with Crippen LogP contribution in [0.4, 0.5) is 0 Å². The molecule has 0 unspecified atom stereocenters. The number of hydrogen-bond acceptors (Lipinski definition) is 3. The Kier molecular flexibility index (Phi) is 5.52.